The minimum atomic E-state index is 0.271. The minimum absolute atomic E-state index is 0.271. The molecule has 1 heterocycles. The van der Waals surface area contributed by atoms with Crippen LogP contribution in [0.25, 0.3) is 10.9 Å². The Morgan fingerprint density at radius 3 is 2.71 bits per heavy atom. The van der Waals surface area contributed by atoms with Crippen molar-refractivity contribution in [1.82, 2.24) is 9.88 Å². The Balaban J connectivity index is 2.76. The number of aryl methyl sites for hydroxylation is 1. The number of nitrogens with zero attached hydrogens (tertiary/aromatic N) is 1. The molecule has 3 nitrogen and oxygen atoms in total. The number of nitrogens with one attached hydrogen (secondary N) is 1. The van der Waals surface area contributed by atoms with Crippen molar-refractivity contribution < 1.29 is 4.74 Å². The Morgan fingerprint density at radius 1 is 1.41 bits per heavy atom. The van der Waals surface area contributed by atoms with Crippen LogP contribution in [0.1, 0.15) is 18.7 Å². The van der Waals surface area contributed by atoms with Crippen LogP contribution in [0.4, 0.5) is 0 Å². The monoisotopic (exact) mass is 252 g/mol. The van der Waals surface area contributed by atoms with E-state index in [1.165, 1.54) is 5.69 Å². The van der Waals surface area contributed by atoms with Crippen molar-refractivity contribution in [2.45, 2.75) is 13.0 Å². The molecule has 1 atom stereocenters. The molecule has 0 spiro atoms. The second kappa shape index (κ2) is 4.59. The number of hydrogen-bond donors (Lipinski definition) is 1. The van der Waals surface area contributed by atoms with Crippen molar-refractivity contribution in [3.8, 4) is 5.75 Å². The summed E-state index contributed by atoms with van der Waals surface area (Å²) in [5.41, 5.74) is 2.23. The lowest BCUT2D eigenvalue weighted by atomic mass is 10.2. The van der Waals surface area contributed by atoms with E-state index in [4.69, 9.17) is 16.3 Å². The molecular weight excluding hydrogens is 236 g/mol. The third kappa shape index (κ3) is 1.90. The number of benzene rings is 1. The normalized spacial score (nSPS) is 13.0. The Labute approximate surface area is 106 Å². The van der Waals surface area contributed by atoms with Gasteiger partial charge in [0.1, 0.15) is 5.75 Å². The van der Waals surface area contributed by atoms with Crippen molar-refractivity contribution in [1.29, 1.82) is 0 Å². The quantitative estimate of drug-likeness (QED) is 0.909. The molecule has 17 heavy (non-hydrogen) atoms. The van der Waals surface area contributed by atoms with E-state index in [2.05, 4.69) is 22.9 Å². The molecule has 2 aromatic rings. The van der Waals surface area contributed by atoms with E-state index >= 15 is 0 Å². The zero-order valence-electron chi connectivity index (χ0n) is 10.5. The summed E-state index contributed by atoms with van der Waals surface area (Å²) in [6.45, 7) is 2.12. The van der Waals surface area contributed by atoms with Gasteiger partial charge in [-0.15, -0.1) is 0 Å². The highest BCUT2D eigenvalue weighted by atomic mass is 35.5. The molecule has 4 heteroatoms. The van der Waals surface area contributed by atoms with Crippen LogP contribution in [0.5, 0.6) is 5.75 Å². The Bertz CT molecular complexity index is 548. The molecule has 1 aromatic carbocycles. The molecule has 1 aromatic heterocycles. The van der Waals surface area contributed by atoms with Gasteiger partial charge in [0.05, 0.1) is 17.6 Å². The molecule has 0 bridgehead atoms. The molecule has 0 saturated carbocycles. The summed E-state index contributed by atoms with van der Waals surface area (Å²) >= 11 is 6.23. The second-order valence-electron chi connectivity index (χ2n) is 4.15. The van der Waals surface area contributed by atoms with Gasteiger partial charge in [-0.2, -0.15) is 0 Å². The summed E-state index contributed by atoms with van der Waals surface area (Å²) < 4.78 is 7.52. The first-order valence-electron chi connectivity index (χ1n) is 5.59. The first-order valence-corrected chi connectivity index (χ1v) is 5.97. The highest BCUT2D eigenvalue weighted by Gasteiger charge is 2.15. The number of ether oxygens (including phenoxy) is 1. The van der Waals surface area contributed by atoms with Crippen LogP contribution in [0.2, 0.25) is 5.02 Å². The lowest BCUT2D eigenvalue weighted by molar-refractivity contribution is 0.417. The maximum Gasteiger partial charge on any atom is 0.143 e. The lowest BCUT2D eigenvalue weighted by Crippen LogP contribution is -2.15. The predicted molar refractivity (Wildman–Crippen MR) is 72.0 cm³/mol. The van der Waals surface area contributed by atoms with Gasteiger partial charge in [-0.3, -0.25) is 0 Å². The zero-order valence-corrected chi connectivity index (χ0v) is 11.3. The second-order valence-corrected chi connectivity index (χ2v) is 4.56. The predicted octanol–water partition coefficient (Wildman–Crippen LogP) is 3.12. The van der Waals surface area contributed by atoms with Crippen molar-refractivity contribution in [3.05, 3.63) is 28.9 Å². The van der Waals surface area contributed by atoms with E-state index < -0.39 is 0 Å². The van der Waals surface area contributed by atoms with Crippen LogP contribution >= 0.6 is 11.6 Å². The minimum Gasteiger partial charge on any atom is -0.495 e. The van der Waals surface area contributed by atoms with Gasteiger partial charge < -0.3 is 14.6 Å². The molecule has 0 amide bonds. The number of halogens is 1. The first-order chi connectivity index (χ1) is 8.10. The number of rotatable bonds is 3. The van der Waals surface area contributed by atoms with Crippen LogP contribution in [-0.4, -0.2) is 18.7 Å². The lowest BCUT2D eigenvalue weighted by Gasteiger charge is -2.12. The van der Waals surface area contributed by atoms with Gasteiger partial charge in [0.15, 0.2) is 0 Å². The van der Waals surface area contributed by atoms with Crippen molar-refractivity contribution in [3.63, 3.8) is 0 Å². The highest BCUT2D eigenvalue weighted by molar-refractivity contribution is 6.35. The van der Waals surface area contributed by atoms with E-state index in [9.17, 15) is 0 Å². The van der Waals surface area contributed by atoms with Crippen molar-refractivity contribution in [2.75, 3.05) is 14.2 Å². The molecule has 2 rings (SSSR count). The summed E-state index contributed by atoms with van der Waals surface area (Å²) in [5.74, 6) is 0.849. The molecule has 0 aliphatic rings. The highest BCUT2D eigenvalue weighted by Crippen LogP contribution is 2.34. The molecular formula is C13H17ClN2O. The molecule has 0 fully saturated rings. The number of methoxy groups -OCH3 is 1. The fraction of sp³-hybridized carbons (Fsp3) is 0.385. The smallest absolute Gasteiger partial charge is 0.143 e. The van der Waals surface area contributed by atoms with Crippen LogP contribution in [0, 0.1) is 0 Å². The standard InChI is InChI=1S/C13H17ClN2O/c1-8(15-2)11-7-9-10(14)5-6-12(17-4)13(9)16(11)3/h5-8,15H,1-4H3. The number of hydrogen-bond acceptors (Lipinski definition) is 2. The molecule has 0 aliphatic heterocycles. The third-order valence-corrected chi connectivity index (χ3v) is 3.57. The summed E-state index contributed by atoms with van der Waals surface area (Å²) in [4.78, 5) is 0. The fourth-order valence-electron chi connectivity index (χ4n) is 2.15. The zero-order chi connectivity index (χ0) is 12.6. The van der Waals surface area contributed by atoms with Crippen molar-refractivity contribution >= 4 is 22.5 Å². The van der Waals surface area contributed by atoms with Gasteiger partial charge in [0, 0.05) is 24.2 Å². The fourth-order valence-corrected chi connectivity index (χ4v) is 2.36. The average Bonchev–Trinajstić information content (AvgIpc) is 2.69. The van der Waals surface area contributed by atoms with E-state index in [1.54, 1.807) is 7.11 Å². The number of fused-ring (bicyclic) bond motifs is 1. The molecule has 1 N–H and O–H groups in total. The van der Waals surface area contributed by atoms with E-state index in [-0.39, 0.29) is 6.04 Å². The first kappa shape index (κ1) is 12.3. The topological polar surface area (TPSA) is 26.2 Å². The Hall–Kier alpha value is -1.19. The third-order valence-electron chi connectivity index (χ3n) is 3.24. The van der Waals surface area contributed by atoms with Crippen LogP contribution in [0.15, 0.2) is 18.2 Å². The summed E-state index contributed by atoms with van der Waals surface area (Å²) in [5, 5.41) is 5.02. The maximum atomic E-state index is 6.23. The van der Waals surface area contributed by atoms with E-state index in [0.29, 0.717) is 0 Å². The van der Waals surface area contributed by atoms with Crippen LogP contribution < -0.4 is 10.1 Å². The summed E-state index contributed by atoms with van der Waals surface area (Å²) in [6.07, 6.45) is 0. The maximum absolute atomic E-state index is 6.23. The Kier molecular flexibility index (Phi) is 3.31. The van der Waals surface area contributed by atoms with E-state index in [0.717, 1.165) is 21.7 Å². The van der Waals surface area contributed by atoms with Gasteiger partial charge in [0.2, 0.25) is 0 Å². The van der Waals surface area contributed by atoms with Gasteiger partial charge >= 0.3 is 0 Å². The van der Waals surface area contributed by atoms with Crippen LogP contribution in [0.3, 0.4) is 0 Å². The van der Waals surface area contributed by atoms with Gasteiger partial charge in [0.25, 0.3) is 0 Å². The SMILES string of the molecule is CNC(C)c1cc2c(Cl)ccc(OC)c2n1C. The van der Waals surface area contributed by atoms with Gasteiger partial charge in [-0.25, -0.2) is 0 Å². The molecule has 0 radical (unpaired) electrons. The average molecular weight is 253 g/mol. The van der Waals surface area contributed by atoms with Crippen LogP contribution in [-0.2, 0) is 7.05 Å². The molecule has 1 unspecified atom stereocenters. The molecule has 0 aliphatic carbocycles. The van der Waals surface area contributed by atoms with Gasteiger partial charge in [-0.1, -0.05) is 11.6 Å². The van der Waals surface area contributed by atoms with Crippen molar-refractivity contribution in [2.24, 2.45) is 7.05 Å². The molecule has 92 valence electrons. The summed E-state index contributed by atoms with van der Waals surface area (Å²) in [6, 6.07) is 6.16. The van der Waals surface area contributed by atoms with E-state index in [1.807, 2.05) is 26.2 Å². The summed E-state index contributed by atoms with van der Waals surface area (Å²) in [7, 11) is 5.66. The molecule has 0 saturated heterocycles. The largest absolute Gasteiger partial charge is 0.495 e. The number of aromatic nitrogens is 1. The Morgan fingerprint density at radius 2 is 2.12 bits per heavy atom. The van der Waals surface area contributed by atoms with Gasteiger partial charge in [-0.05, 0) is 32.2 Å².